The fourth-order valence-corrected chi connectivity index (χ4v) is 1.84. The van der Waals surface area contributed by atoms with E-state index >= 15 is 0 Å². The number of amides is 1. The Kier molecular flexibility index (Phi) is 4.28. The lowest BCUT2D eigenvalue weighted by molar-refractivity contribution is -0.122. The zero-order valence-corrected chi connectivity index (χ0v) is 11.7. The molecule has 2 nitrogen and oxygen atoms in total. The minimum atomic E-state index is 0.166. The van der Waals surface area contributed by atoms with Crippen molar-refractivity contribution in [3.05, 3.63) is 0 Å². The highest BCUT2D eigenvalue weighted by atomic mass is 35.5. The van der Waals surface area contributed by atoms with Gasteiger partial charge < -0.3 is 5.32 Å². The Labute approximate surface area is 104 Å². The lowest BCUT2D eigenvalue weighted by Gasteiger charge is -2.26. The normalized spacial score (nSPS) is 20.3. The maximum Gasteiger partial charge on any atom is 0.220 e. The van der Waals surface area contributed by atoms with E-state index in [0.717, 1.165) is 19.4 Å². The van der Waals surface area contributed by atoms with E-state index in [-0.39, 0.29) is 16.7 Å². The number of carbonyl (C=O) groups excluding carboxylic acids is 1. The van der Waals surface area contributed by atoms with Crippen LogP contribution in [0.1, 0.15) is 47.0 Å². The summed E-state index contributed by atoms with van der Waals surface area (Å²) < 4.78 is 0. The summed E-state index contributed by atoms with van der Waals surface area (Å²) in [4.78, 5) is 11.7. The van der Waals surface area contributed by atoms with Crippen molar-refractivity contribution in [3.63, 3.8) is 0 Å². The number of alkyl halides is 1. The number of hydrogen-bond acceptors (Lipinski definition) is 1. The van der Waals surface area contributed by atoms with E-state index in [9.17, 15) is 4.79 Å². The lowest BCUT2D eigenvalue weighted by atomic mass is 9.80. The Bertz CT molecular complexity index is 253. The molecule has 0 saturated heterocycles. The van der Waals surface area contributed by atoms with Gasteiger partial charge in [-0.1, -0.05) is 27.7 Å². The second-order valence-electron chi connectivity index (χ2n) is 6.38. The monoisotopic (exact) mass is 245 g/mol. The molecule has 1 aliphatic carbocycles. The zero-order chi connectivity index (χ0) is 12.4. The summed E-state index contributed by atoms with van der Waals surface area (Å²) in [5.41, 5.74) is 0.420. The summed E-state index contributed by atoms with van der Waals surface area (Å²) in [6.45, 7) is 9.41. The van der Waals surface area contributed by atoms with Gasteiger partial charge in [-0.05, 0) is 24.2 Å². The SMILES string of the molecule is CC(CC(=O)NCC1(CCl)CC1)C(C)(C)C. The molecule has 1 rings (SSSR count). The van der Waals surface area contributed by atoms with Crippen LogP contribution in [0.3, 0.4) is 0 Å². The summed E-state index contributed by atoms with van der Waals surface area (Å²) in [5.74, 6) is 1.24. The molecule has 94 valence electrons. The van der Waals surface area contributed by atoms with Gasteiger partial charge in [-0.2, -0.15) is 0 Å². The number of carbonyl (C=O) groups is 1. The zero-order valence-electron chi connectivity index (χ0n) is 10.9. The van der Waals surface area contributed by atoms with Crippen molar-refractivity contribution in [3.8, 4) is 0 Å². The van der Waals surface area contributed by atoms with Gasteiger partial charge in [-0.25, -0.2) is 0 Å². The summed E-state index contributed by atoms with van der Waals surface area (Å²) >= 11 is 5.87. The number of nitrogens with one attached hydrogen (secondary N) is 1. The molecule has 16 heavy (non-hydrogen) atoms. The predicted molar refractivity (Wildman–Crippen MR) is 68.6 cm³/mol. The Morgan fingerprint density at radius 1 is 1.44 bits per heavy atom. The predicted octanol–water partition coefficient (Wildman–Crippen LogP) is 3.19. The standard InChI is InChI=1S/C13H24ClNO/c1-10(12(2,3)4)7-11(16)15-9-13(8-14)5-6-13/h10H,5-9H2,1-4H3,(H,15,16). The van der Waals surface area contributed by atoms with Crippen LogP contribution in [0.15, 0.2) is 0 Å². The van der Waals surface area contributed by atoms with E-state index in [1.54, 1.807) is 0 Å². The van der Waals surface area contributed by atoms with Gasteiger partial charge in [-0.3, -0.25) is 4.79 Å². The van der Waals surface area contributed by atoms with Gasteiger partial charge in [0.2, 0.25) is 5.91 Å². The van der Waals surface area contributed by atoms with Crippen LogP contribution >= 0.6 is 11.6 Å². The average Bonchev–Trinajstić information content (AvgIpc) is 2.94. The van der Waals surface area contributed by atoms with Gasteiger partial charge in [0, 0.05) is 24.3 Å². The van der Waals surface area contributed by atoms with Crippen LogP contribution in [0.4, 0.5) is 0 Å². The fraction of sp³-hybridized carbons (Fsp3) is 0.923. The van der Waals surface area contributed by atoms with Crippen molar-refractivity contribution in [2.45, 2.75) is 47.0 Å². The van der Waals surface area contributed by atoms with Gasteiger partial charge in [0.1, 0.15) is 0 Å². The van der Waals surface area contributed by atoms with Crippen LogP contribution in [-0.2, 0) is 4.79 Å². The van der Waals surface area contributed by atoms with Crippen LogP contribution in [0, 0.1) is 16.7 Å². The van der Waals surface area contributed by atoms with Gasteiger partial charge in [0.05, 0.1) is 0 Å². The Balaban J connectivity index is 2.26. The molecule has 0 aromatic rings. The Hall–Kier alpha value is -0.240. The maximum absolute atomic E-state index is 11.7. The molecular weight excluding hydrogens is 222 g/mol. The summed E-state index contributed by atoms with van der Waals surface area (Å²) in [5, 5.41) is 3.02. The fourth-order valence-electron chi connectivity index (χ4n) is 1.48. The summed E-state index contributed by atoms with van der Waals surface area (Å²) in [7, 11) is 0. The second-order valence-corrected chi connectivity index (χ2v) is 6.65. The minimum Gasteiger partial charge on any atom is -0.355 e. The van der Waals surface area contributed by atoms with Crippen LogP contribution in [0.25, 0.3) is 0 Å². The molecule has 0 radical (unpaired) electrons. The third-order valence-electron chi connectivity index (χ3n) is 3.87. The van der Waals surface area contributed by atoms with E-state index < -0.39 is 0 Å². The van der Waals surface area contributed by atoms with E-state index in [4.69, 9.17) is 11.6 Å². The van der Waals surface area contributed by atoms with Crippen molar-refractivity contribution < 1.29 is 4.79 Å². The molecule has 1 amide bonds. The molecule has 3 heteroatoms. The van der Waals surface area contributed by atoms with Crippen molar-refractivity contribution in [1.29, 1.82) is 0 Å². The highest BCUT2D eigenvalue weighted by Crippen LogP contribution is 2.45. The van der Waals surface area contributed by atoms with Crippen molar-refractivity contribution >= 4 is 17.5 Å². The molecule has 1 unspecified atom stereocenters. The highest BCUT2D eigenvalue weighted by molar-refractivity contribution is 6.18. The van der Waals surface area contributed by atoms with Gasteiger partial charge in [-0.15, -0.1) is 11.6 Å². The third kappa shape index (κ3) is 3.97. The van der Waals surface area contributed by atoms with Crippen LogP contribution in [0.2, 0.25) is 0 Å². The number of rotatable bonds is 5. The molecule has 0 spiro atoms. The third-order valence-corrected chi connectivity index (χ3v) is 4.44. The molecule has 1 aliphatic rings. The number of halogens is 1. The van der Waals surface area contributed by atoms with Crippen molar-refractivity contribution in [1.82, 2.24) is 5.32 Å². The van der Waals surface area contributed by atoms with E-state index in [1.165, 1.54) is 0 Å². The first-order valence-electron chi connectivity index (χ1n) is 6.12. The Morgan fingerprint density at radius 2 is 2.00 bits per heavy atom. The molecule has 0 aromatic carbocycles. The molecule has 1 N–H and O–H groups in total. The summed E-state index contributed by atoms with van der Waals surface area (Å²) in [6.07, 6.45) is 2.93. The second kappa shape index (κ2) is 4.95. The first-order chi connectivity index (χ1) is 7.29. The minimum absolute atomic E-state index is 0.166. The number of hydrogen-bond donors (Lipinski definition) is 1. The highest BCUT2D eigenvalue weighted by Gasteiger charge is 2.41. The smallest absolute Gasteiger partial charge is 0.220 e. The van der Waals surface area contributed by atoms with Crippen LogP contribution < -0.4 is 5.32 Å². The van der Waals surface area contributed by atoms with E-state index in [0.29, 0.717) is 18.2 Å². The molecule has 0 heterocycles. The van der Waals surface area contributed by atoms with Crippen molar-refractivity contribution in [2.24, 2.45) is 16.7 Å². The summed E-state index contributed by atoms with van der Waals surface area (Å²) in [6, 6.07) is 0. The average molecular weight is 246 g/mol. The van der Waals surface area contributed by atoms with Crippen LogP contribution in [-0.4, -0.2) is 18.3 Å². The molecule has 0 aliphatic heterocycles. The first kappa shape index (κ1) is 13.8. The largest absolute Gasteiger partial charge is 0.355 e. The van der Waals surface area contributed by atoms with Crippen molar-refractivity contribution in [2.75, 3.05) is 12.4 Å². The molecule has 1 atom stereocenters. The van der Waals surface area contributed by atoms with Gasteiger partial charge in [0.25, 0.3) is 0 Å². The van der Waals surface area contributed by atoms with E-state index in [1.807, 2.05) is 0 Å². The first-order valence-corrected chi connectivity index (χ1v) is 6.65. The van der Waals surface area contributed by atoms with Gasteiger partial charge >= 0.3 is 0 Å². The molecule has 0 bridgehead atoms. The molecule has 0 aromatic heterocycles. The molecular formula is C13H24ClNO. The lowest BCUT2D eigenvalue weighted by Crippen LogP contribution is -2.33. The quantitative estimate of drug-likeness (QED) is 0.741. The Morgan fingerprint density at radius 3 is 2.38 bits per heavy atom. The van der Waals surface area contributed by atoms with Gasteiger partial charge in [0.15, 0.2) is 0 Å². The van der Waals surface area contributed by atoms with Crippen LogP contribution in [0.5, 0.6) is 0 Å². The maximum atomic E-state index is 11.7. The molecule has 1 saturated carbocycles. The molecule has 1 fully saturated rings. The topological polar surface area (TPSA) is 29.1 Å². The van der Waals surface area contributed by atoms with E-state index in [2.05, 4.69) is 33.0 Å².